The van der Waals surface area contributed by atoms with E-state index in [9.17, 15) is 9.59 Å². The lowest BCUT2D eigenvalue weighted by Crippen LogP contribution is -2.37. The first-order valence-corrected chi connectivity index (χ1v) is 7.07. The number of amides is 1. The minimum atomic E-state index is 0.0642. The number of ketones is 1. The Kier molecular flexibility index (Phi) is 4.97. The van der Waals surface area contributed by atoms with Crippen molar-refractivity contribution >= 4 is 23.3 Å². The molecule has 102 valence electrons. The first kappa shape index (κ1) is 14.1. The Labute approximate surface area is 118 Å². The Bertz CT molecular complexity index is 446. The van der Waals surface area contributed by atoms with Gasteiger partial charge in [-0.3, -0.25) is 9.59 Å². The van der Waals surface area contributed by atoms with Crippen molar-refractivity contribution in [1.82, 2.24) is 5.32 Å². The number of Topliss-reactive ketones (excluding diaryl/α,β-unsaturated/α-hetero) is 1. The quantitative estimate of drug-likeness (QED) is 0.921. The topological polar surface area (TPSA) is 46.2 Å². The van der Waals surface area contributed by atoms with E-state index in [1.54, 1.807) is 0 Å². The molecule has 0 aromatic heterocycles. The van der Waals surface area contributed by atoms with E-state index in [1.807, 2.05) is 24.3 Å². The van der Waals surface area contributed by atoms with Crippen LogP contribution in [0.4, 0.5) is 0 Å². The molecule has 1 saturated carbocycles. The molecule has 19 heavy (non-hydrogen) atoms. The molecule has 1 aliphatic carbocycles. The van der Waals surface area contributed by atoms with Crippen molar-refractivity contribution in [3.63, 3.8) is 0 Å². The summed E-state index contributed by atoms with van der Waals surface area (Å²) in [5.74, 6) is 0.376. The number of hydrogen-bond donors (Lipinski definition) is 1. The molecule has 1 fully saturated rings. The van der Waals surface area contributed by atoms with Crippen molar-refractivity contribution in [3.05, 3.63) is 34.9 Å². The summed E-state index contributed by atoms with van der Waals surface area (Å²) < 4.78 is 0. The molecule has 0 atom stereocenters. The number of halogens is 1. The van der Waals surface area contributed by atoms with Crippen LogP contribution in [0, 0.1) is 0 Å². The lowest BCUT2D eigenvalue weighted by atomic mass is 9.94. The highest BCUT2D eigenvalue weighted by Crippen LogP contribution is 2.15. The minimum Gasteiger partial charge on any atom is -0.353 e. The number of aryl methyl sites for hydroxylation is 1. The summed E-state index contributed by atoms with van der Waals surface area (Å²) in [7, 11) is 0. The summed E-state index contributed by atoms with van der Waals surface area (Å²) in [5, 5.41) is 3.71. The third kappa shape index (κ3) is 4.67. The summed E-state index contributed by atoms with van der Waals surface area (Å²) in [4.78, 5) is 22.9. The van der Waals surface area contributed by atoms with Crippen LogP contribution in [0.3, 0.4) is 0 Å². The number of benzene rings is 1. The van der Waals surface area contributed by atoms with Gasteiger partial charge in [-0.1, -0.05) is 23.7 Å². The molecule has 1 N–H and O–H groups in total. The van der Waals surface area contributed by atoms with Gasteiger partial charge < -0.3 is 5.32 Å². The standard InChI is InChI=1S/C15H18ClNO2/c16-12-4-1-11(2-5-12)3-10-15(19)17-13-6-8-14(18)9-7-13/h1-2,4-5,13H,3,6-10H2,(H,17,19). The Morgan fingerprint density at radius 1 is 1.21 bits per heavy atom. The Morgan fingerprint density at radius 2 is 1.84 bits per heavy atom. The fraction of sp³-hybridized carbons (Fsp3) is 0.467. The van der Waals surface area contributed by atoms with Crippen LogP contribution in [0.2, 0.25) is 5.02 Å². The smallest absolute Gasteiger partial charge is 0.220 e. The van der Waals surface area contributed by atoms with Gasteiger partial charge in [0.2, 0.25) is 5.91 Å². The van der Waals surface area contributed by atoms with Gasteiger partial charge in [-0.15, -0.1) is 0 Å². The number of carbonyl (C=O) groups excluding carboxylic acids is 2. The lowest BCUT2D eigenvalue weighted by molar-refractivity contribution is -0.124. The molecule has 4 heteroatoms. The van der Waals surface area contributed by atoms with Crippen molar-refractivity contribution in [2.75, 3.05) is 0 Å². The molecule has 0 spiro atoms. The van der Waals surface area contributed by atoms with Crippen LogP contribution in [-0.4, -0.2) is 17.7 Å². The Hall–Kier alpha value is -1.35. The van der Waals surface area contributed by atoms with Gasteiger partial charge in [-0.25, -0.2) is 0 Å². The summed E-state index contributed by atoms with van der Waals surface area (Å²) in [5.41, 5.74) is 1.11. The van der Waals surface area contributed by atoms with Gasteiger partial charge >= 0.3 is 0 Å². The highest BCUT2D eigenvalue weighted by molar-refractivity contribution is 6.30. The molecule has 1 amide bonds. The predicted octanol–water partition coefficient (Wildman–Crippen LogP) is 2.90. The van der Waals surface area contributed by atoms with Crippen LogP contribution in [0.5, 0.6) is 0 Å². The molecule has 0 saturated heterocycles. The summed E-state index contributed by atoms with van der Waals surface area (Å²) in [6.45, 7) is 0. The van der Waals surface area contributed by atoms with E-state index in [2.05, 4.69) is 5.32 Å². The van der Waals surface area contributed by atoms with Crippen molar-refractivity contribution in [3.8, 4) is 0 Å². The van der Waals surface area contributed by atoms with Gasteiger partial charge in [0, 0.05) is 30.3 Å². The maximum Gasteiger partial charge on any atom is 0.220 e. The SMILES string of the molecule is O=C1CCC(NC(=O)CCc2ccc(Cl)cc2)CC1. The second-order valence-corrected chi connectivity index (χ2v) is 5.44. The third-order valence-electron chi connectivity index (χ3n) is 3.46. The lowest BCUT2D eigenvalue weighted by Gasteiger charge is -2.22. The van der Waals surface area contributed by atoms with E-state index in [0.29, 0.717) is 36.5 Å². The van der Waals surface area contributed by atoms with Gasteiger partial charge in [0.05, 0.1) is 0 Å². The maximum absolute atomic E-state index is 11.8. The van der Waals surface area contributed by atoms with Crippen LogP contribution in [0.25, 0.3) is 0 Å². The average Bonchev–Trinajstić information content (AvgIpc) is 2.41. The van der Waals surface area contributed by atoms with Crippen LogP contribution >= 0.6 is 11.6 Å². The second kappa shape index (κ2) is 6.71. The molecular weight excluding hydrogens is 262 g/mol. The molecule has 0 bridgehead atoms. The fourth-order valence-electron chi connectivity index (χ4n) is 2.29. The normalized spacial score (nSPS) is 16.4. The van der Waals surface area contributed by atoms with E-state index >= 15 is 0 Å². The van der Waals surface area contributed by atoms with Crippen molar-refractivity contribution in [2.45, 2.75) is 44.6 Å². The molecule has 0 aliphatic heterocycles. The number of carbonyl (C=O) groups is 2. The molecule has 0 heterocycles. The highest BCUT2D eigenvalue weighted by Gasteiger charge is 2.19. The zero-order valence-corrected chi connectivity index (χ0v) is 11.6. The van der Waals surface area contributed by atoms with E-state index in [-0.39, 0.29) is 11.9 Å². The molecule has 1 aliphatic rings. The van der Waals surface area contributed by atoms with Crippen LogP contribution in [0.1, 0.15) is 37.7 Å². The number of rotatable bonds is 4. The maximum atomic E-state index is 11.8. The van der Waals surface area contributed by atoms with Crippen molar-refractivity contribution in [1.29, 1.82) is 0 Å². The second-order valence-electron chi connectivity index (χ2n) is 5.01. The number of nitrogens with one attached hydrogen (secondary N) is 1. The molecule has 3 nitrogen and oxygen atoms in total. The predicted molar refractivity (Wildman–Crippen MR) is 75.2 cm³/mol. The van der Waals surface area contributed by atoms with Crippen molar-refractivity contribution in [2.24, 2.45) is 0 Å². The number of hydrogen-bond acceptors (Lipinski definition) is 2. The van der Waals surface area contributed by atoms with Gasteiger partial charge in [0.15, 0.2) is 0 Å². The monoisotopic (exact) mass is 279 g/mol. The van der Waals surface area contributed by atoms with Gasteiger partial charge in [-0.05, 0) is 37.0 Å². The van der Waals surface area contributed by atoms with Gasteiger partial charge in [0.25, 0.3) is 0 Å². The zero-order chi connectivity index (χ0) is 13.7. The van der Waals surface area contributed by atoms with E-state index < -0.39 is 0 Å². The highest BCUT2D eigenvalue weighted by atomic mass is 35.5. The summed E-state index contributed by atoms with van der Waals surface area (Å²) in [6, 6.07) is 7.72. The zero-order valence-electron chi connectivity index (χ0n) is 10.8. The first-order chi connectivity index (χ1) is 9.13. The van der Waals surface area contributed by atoms with Gasteiger partial charge in [0.1, 0.15) is 5.78 Å². The van der Waals surface area contributed by atoms with Crippen LogP contribution in [-0.2, 0) is 16.0 Å². The average molecular weight is 280 g/mol. The molecule has 2 rings (SSSR count). The van der Waals surface area contributed by atoms with E-state index in [0.717, 1.165) is 18.4 Å². The minimum absolute atomic E-state index is 0.0642. The van der Waals surface area contributed by atoms with Gasteiger partial charge in [-0.2, -0.15) is 0 Å². The molecule has 1 aromatic rings. The molecule has 0 unspecified atom stereocenters. The summed E-state index contributed by atoms with van der Waals surface area (Å²) >= 11 is 5.81. The van der Waals surface area contributed by atoms with Crippen LogP contribution < -0.4 is 5.32 Å². The summed E-state index contributed by atoms with van der Waals surface area (Å²) in [6.07, 6.45) is 3.96. The third-order valence-corrected chi connectivity index (χ3v) is 3.71. The molecule has 0 radical (unpaired) electrons. The fourth-order valence-corrected chi connectivity index (χ4v) is 2.42. The van der Waals surface area contributed by atoms with Crippen molar-refractivity contribution < 1.29 is 9.59 Å². The Morgan fingerprint density at radius 3 is 2.47 bits per heavy atom. The molecular formula is C15H18ClNO2. The van der Waals surface area contributed by atoms with E-state index in [1.165, 1.54) is 0 Å². The van der Waals surface area contributed by atoms with E-state index in [4.69, 9.17) is 11.6 Å². The first-order valence-electron chi connectivity index (χ1n) is 6.69. The molecule has 1 aromatic carbocycles. The Balaban J connectivity index is 1.72. The van der Waals surface area contributed by atoms with Crippen LogP contribution in [0.15, 0.2) is 24.3 Å². The largest absolute Gasteiger partial charge is 0.353 e.